The second kappa shape index (κ2) is 5.73. The molecule has 0 spiro atoms. The van der Waals surface area contributed by atoms with Gasteiger partial charge in [0.05, 0.1) is 0 Å². The molecule has 21 heavy (non-hydrogen) atoms. The Morgan fingerprint density at radius 1 is 1.05 bits per heavy atom. The van der Waals surface area contributed by atoms with Gasteiger partial charge in [0.25, 0.3) is 0 Å². The van der Waals surface area contributed by atoms with Crippen LogP contribution in [0.2, 0.25) is 0 Å². The molecule has 1 N–H and O–H groups in total. The molecular weight excluding hydrogens is 288 g/mol. The lowest BCUT2D eigenvalue weighted by atomic mass is 10.00. The van der Waals surface area contributed by atoms with Crippen molar-refractivity contribution >= 4 is 0 Å². The Morgan fingerprint density at radius 2 is 1.71 bits per heavy atom. The van der Waals surface area contributed by atoms with Crippen LogP contribution in [0.4, 0.5) is 17.6 Å². The number of benzene rings is 2. The summed E-state index contributed by atoms with van der Waals surface area (Å²) in [7, 11) is 0. The van der Waals surface area contributed by atoms with Crippen molar-refractivity contribution in [1.29, 1.82) is 0 Å². The number of halogens is 4. The number of hydrogen-bond donors (Lipinski definition) is 1. The van der Waals surface area contributed by atoms with Crippen LogP contribution in [-0.2, 0) is 0 Å². The van der Waals surface area contributed by atoms with Crippen LogP contribution < -0.4 is 4.74 Å². The number of alkyl halides is 3. The minimum atomic E-state index is -4.80. The summed E-state index contributed by atoms with van der Waals surface area (Å²) in [4.78, 5) is 0. The van der Waals surface area contributed by atoms with Gasteiger partial charge in [0.2, 0.25) is 0 Å². The first-order chi connectivity index (χ1) is 9.76. The van der Waals surface area contributed by atoms with Crippen molar-refractivity contribution < 1.29 is 27.4 Å². The highest BCUT2D eigenvalue weighted by atomic mass is 19.4. The lowest BCUT2D eigenvalue weighted by Crippen LogP contribution is -2.17. The normalized spacial score (nSPS) is 13.0. The van der Waals surface area contributed by atoms with Crippen molar-refractivity contribution in [2.24, 2.45) is 0 Å². The summed E-state index contributed by atoms with van der Waals surface area (Å²) in [5, 5.41) is 10.2. The van der Waals surface area contributed by atoms with Gasteiger partial charge in [-0.15, -0.1) is 13.2 Å². The van der Waals surface area contributed by atoms with Gasteiger partial charge in [0.1, 0.15) is 17.7 Å². The Labute approximate surface area is 118 Å². The first-order valence-electron chi connectivity index (χ1n) is 6.06. The van der Waals surface area contributed by atoms with Crippen molar-refractivity contribution in [1.82, 2.24) is 0 Å². The second-order valence-corrected chi connectivity index (χ2v) is 4.53. The van der Waals surface area contributed by atoms with Crippen molar-refractivity contribution in [3.05, 3.63) is 65.0 Å². The molecule has 2 aromatic rings. The van der Waals surface area contributed by atoms with E-state index in [4.69, 9.17) is 0 Å². The Bertz CT molecular complexity index is 638. The molecule has 2 nitrogen and oxygen atoms in total. The summed E-state index contributed by atoms with van der Waals surface area (Å²) >= 11 is 0. The van der Waals surface area contributed by atoms with Gasteiger partial charge in [-0.25, -0.2) is 4.39 Å². The van der Waals surface area contributed by atoms with E-state index in [1.165, 1.54) is 37.3 Å². The van der Waals surface area contributed by atoms with Crippen molar-refractivity contribution in [2.45, 2.75) is 19.4 Å². The molecule has 1 atom stereocenters. The average molecular weight is 300 g/mol. The fraction of sp³-hybridized carbons (Fsp3) is 0.200. The largest absolute Gasteiger partial charge is 0.573 e. The maximum Gasteiger partial charge on any atom is 0.573 e. The number of ether oxygens (including phenoxy) is 1. The molecule has 0 saturated heterocycles. The van der Waals surface area contributed by atoms with Crippen LogP contribution in [0.25, 0.3) is 0 Å². The van der Waals surface area contributed by atoms with Gasteiger partial charge in [-0.05, 0) is 41.8 Å². The molecule has 0 aliphatic carbocycles. The van der Waals surface area contributed by atoms with E-state index in [0.29, 0.717) is 11.1 Å². The summed E-state index contributed by atoms with van der Waals surface area (Å²) in [5.74, 6) is -0.835. The summed E-state index contributed by atoms with van der Waals surface area (Å²) in [5.41, 5.74) is 0.954. The minimum Gasteiger partial charge on any atom is -0.406 e. The summed E-state index contributed by atoms with van der Waals surface area (Å²) in [6.07, 6.45) is -5.96. The predicted molar refractivity (Wildman–Crippen MR) is 68.3 cm³/mol. The van der Waals surface area contributed by atoms with Crippen LogP contribution in [0.5, 0.6) is 5.75 Å². The molecule has 2 aromatic carbocycles. The number of aliphatic hydroxyl groups is 1. The van der Waals surface area contributed by atoms with Crippen molar-refractivity contribution in [2.75, 3.05) is 0 Å². The molecule has 0 aliphatic rings. The van der Waals surface area contributed by atoms with Gasteiger partial charge in [-0.3, -0.25) is 0 Å². The molecule has 0 bridgehead atoms. The van der Waals surface area contributed by atoms with E-state index in [1.54, 1.807) is 0 Å². The van der Waals surface area contributed by atoms with Crippen LogP contribution >= 0.6 is 0 Å². The highest BCUT2D eigenvalue weighted by Gasteiger charge is 2.31. The highest BCUT2D eigenvalue weighted by Crippen LogP contribution is 2.28. The molecule has 0 amide bonds. The smallest absolute Gasteiger partial charge is 0.406 e. The molecule has 112 valence electrons. The lowest BCUT2D eigenvalue weighted by Gasteiger charge is -2.14. The number of rotatable bonds is 3. The maximum absolute atomic E-state index is 13.2. The van der Waals surface area contributed by atoms with Gasteiger partial charge in [0.15, 0.2) is 0 Å². The summed E-state index contributed by atoms with van der Waals surface area (Å²) < 4.78 is 53.5. The molecule has 6 heteroatoms. The third-order valence-electron chi connectivity index (χ3n) is 2.91. The standard InChI is InChI=1S/C15H12F4O2/c1-9-7-11(5-6-13(9)16)14(20)10-3-2-4-12(8-10)21-15(17,18)19/h2-8,14,20H,1H3. The second-order valence-electron chi connectivity index (χ2n) is 4.53. The Kier molecular flexibility index (Phi) is 4.18. The molecule has 0 fully saturated rings. The molecule has 0 aliphatic heterocycles. The first-order valence-corrected chi connectivity index (χ1v) is 6.06. The molecule has 1 unspecified atom stereocenters. The topological polar surface area (TPSA) is 29.5 Å². The Morgan fingerprint density at radius 3 is 2.33 bits per heavy atom. The number of aryl methyl sites for hydroxylation is 1. The highest BCUT2D eigenvalue weighted by molar-refractivity contribution is 5.36. The van der Waals surface area contributed by atoms with Gasteiger partial charge in [-0.2, -0.15) is 0 Å². The quantitative estimate of drug-likeness (QED) is 0.864. The zero-order chi connectivity index (χ0) is 15.6. The Balaban J connectivity index is 2.28. The fourth-order valence-corrected chi connectivity index (χ4v) is 1.91. The summed E-state index contributed by atoms with van der Waals surface area (Å²) in [6, 6.07) is 9.06. The van der Waals surface area contributed by atoms with Crippen LogP contribution in [0, 0.1) is 12.7 Å². The zero-order valence-electron chi connectivity index (χ0n) is 11.0. The predicted octanol–water partition coefficient (Wildman–Crippen LogP) is 4.11. The zero-order valence-corrected chi connectivity index (χ0v) is 11.0. The van der Waals surface area contributed by atoms with Crippen LogP contribution in [-0.4, -0.2) is 11.5 Å². The van der Waals surface area contributed by atoms with Crippen LogP contribution in [0.1, 0.15) is 22.8 Å². The third-order valence-corrected chi connectivity index (χ3v) is 2.91. The molecule has 0 saturated carbocycles. The minimum absolute atomic E-state index is 0.225. The fourth-order valence-electron chi connectivity index (χ4n) is 1.91. The van der Waals surface area contributed by atoms with Crippen molar-refractivity contribution in [3.63, 3.8) is 0 Å². The molecular formula is C15H12F4O2. The van der Waals surface area contributed by atoms with E-state index in [9.17, 15) is 22.7 Å². The monoisotopic (exact) mass is 300 g/mol. The van der Waals surface area contributed by atoms with Gasteiger partial charge < -0.3 is 9.84 Å². The number of hydrogen-bond acceptors (Lipinski definition) is 2. The summed E-state index contributed by atoms with van der Waals surface area (Å²) in [6.45, 7) is 1.54. The average Bonchev–Trinajstić information content (AvgIpc) is 2.39. The van der Waals surface area contributed by atoms with E-state index < -0.39 is 24.0 Å². The van der Waals surface area contributed by atoms with Gasteiger partial charge >= 0.3 is 6.36 Å². The lowest BCUT2D eigenvalue weighted by molar-refractivity contribution is -0.274. The van der Waals surface area contributed by atoms with E-state index in [0.717, 1.165) is 12.1 Å². The molecule has 0 radical (unpaired) electrons. The van der Waals surface area contributed by atoms with Crippen LogP contribution in [0.3, 0.4) is 0 Å². The van der Waals surface area contributed by atoms with Gasteiger partial charge in [-0.1, -0.05) is 24.3 Å². The number of aliphatic hydroxyl groups excluding tert-OH is 1. The SMILES string of the molecule is Cc1cc(C(O)c2cccc(OC(F)(F)F)c2)ccc1F. The molecule has 0 aromatic heterocycles. The molecule has 2 rings (SSSR count). The first kappa shape index (κ1) is 15.3. The van der Waals surface area contributed by atoms with Crippen molar-refractivity contribution in [3.8, 4) is 5.75 Å². The van der Waals surface area contributed by atoms with E-state index in [-0.39, 0.29) is 5.56 Å². The third kappa shape index (κ3) is 3.95. The van der Waals surface area contributed by atoms with E-state index >= 15 is 0 Å². The Hall–Kier alpha value is -2.08. The van der Waals surface area contributed by atoms with Gasteiger partial charge in [0, 0.05) is 0 Å². The van der Waals surface area contributed by atoms with E-state index in [2.05, 4.69) is 4.74 Å². The van der Waals surface area contributed by atoms with Crippen LogP contribution in [0.15, 0.2) is 42.5 Å². The maximum atomic E-state index is 13.2. The molecule has 0 heterocycles. The van der Waals surface area contributed by atoms with E-state index in [1.807, 2.05) is 0 Å².